The van der Waals surface area contributed by atoms with E-state index in [1.165, 1.54) is 11.8 Å². The lowest BCUT2D eigenvalue weighted by Gasteiger charge is -2.10. The van der Waals surface area contributed by atoms with Gasteiger partial charge in [0.2, 0.25) is 5.91 Å². The largest absolute Gasteiger partial charge is 0.496 e. The van der Waals surface area contributed by atoms with Gasteiger partial charge in [-0.3, -0.25) is 4.79 Å². The summed E-state index contributed by atoms with van der Waals surface area (Å²) >= 11 is 1.34. The molecule has 0 aliphatic carbocycles. The zero-order valence-corrected chi connectivity index (χ0v) is 16.4. The third-order valence-electron chi connectivity index (χ3n) is 4.26. The minimum absolute atomic E-state index is 0.0872. The molecule has 0 atom stereocenters. The van der Waals surface area contributed by atoms with Crippen molar-refractivity contribution in [2.75, 3.05) is 12.9 Å². The maximum Gasteiger partial charge on any atom is 0.230 e. The fourth-order valence-electron chi connectivity index (χ4n) is 2.95. The van der Waals surface area contributed by atoms with Crippen LogP contribution in [0.1, 0.15) is 11.4 Å². The van der Waals surface area contributed by atoms with Crippen LogP contribution in [0.2, 0.25) is 0 Å². The summed E-state index contributed by atoms with van der Waals surface area (Å²) in [4.78, 5) is 21.5. The Kier molecular flexibility index (Phi) is 5.12. The molecule has 142 valence electrons. The lowest BCUT2D eigenvalue weighted by molar-refractivity contribution is -0.118. The number of amides is 1. The van der Waals surface area contributed by atoms with E-state index in [0.29, 0.717) is 17.5 Å². The van der Waals surface area contributed by atoms with Crippen molar-refractivity contribution >= 4 is 34.2 Å². The Morgan fingerprint density at radius 1 is 1.14 bits per heavy atom. The number of carbonyl (C=O) groups is 1. The monoisotopic (exact) mass is 393 g/mol. The van der Waals surface area contributed by atoms with E-state index in [0.717, 1.165) is 27.9 Å². The average Bonchev–Trinajstić information content (AvgIpc) is 3.12. The molecule has 0 fully saturated rings. The second-order valence-corrected chi connectivity index (χ2v) is 7.13. The van der Waals surface area contributed by atoms with Crippen LogP contribution in [0.5, 0.6) is 5.75 Å². The Balaban J connectivity index is 1.49. The van der Waals surface area contributed by atoms with Crippen LogP contribution in [-0.2, 0) is 11.3 Å². The number of fused-ring (bicyclic) bond motifs is 3. The normalized spacial score (nSPS) is 11.1. The summed E-state index contributed by atoms with van der Waals surface area (Å²) in [7, 11) is 1.62. The number of benzene rings is 2. The smallest absolute Gasteiger partial charge is 0.230 e. The molecule has 0 saturated carbocycles. The van der Waals surface area contributed by atoms with Crippen molar-refractivity contribution in [3.05, 3.63) is 59.9 Å². The summed E-state index contributed by atoms with van der Waals surface area (Å²) in [6.45, 7) is 2.25. The molecule has 8 heteroatoms. The molecule has 0 spiro atoms. The van der Waals surface area contributed by atoms with Crippen molar-refractivity contribution in [3.63, 3.8) is 0 Å². The number of rotatable bonds is 6. The highest BCUT2D eigenvalue weighted by Crippen LogP contribution is 2.24. The highest BCUT2D eigenvalue weighted by Gasteiger charge is 2.14. The van der Waals surface area contributed by atoms with Crippen molar-refractivity contribution in [2.24, 2.45) is 0 Å². The SMILES string of the molecule is COc1ccccc1CNC(=O)CSc1nc2ccccc2c2nc(C)nn12. The lowest BCUT2D eigenvalue weighted by Crippen LogP contribution is -2.25. The van der Waals surface area contributed by atoms with Gasteiger partial charge in [-0.05, 0) is 25.1 Å². The van der Waals surface area contributed by atoms with Crippen LogP contribution in [0.3, 0.4) is 0 Å². The van der Waals surface area contributed by atoms with Crippen molar-refractivity contribution in [1.29, 1.82) is 0 Å². The Labute approximate surface area is 166 Å². The van der Waals surface area contributed by atoms with Crippen LogP contribution in [0.15, 0.2) is 53.7 Å². The van der Waals surface area contributed by atoms with Crippen LogP contribution < -0.4 is 10.1 Å². The summed E-state index contributed by atoms with van der Waals surface area (Å²) in [6.07, 6.45) is 0. The molecule has 0 bridgehead atoms. The van der Waals surface area contributed by atoms with Crippen LogP contribution >= 0.6 is 11.8 Å². The maximum absolute atomic E-state index is 12.3. The fraction of sp³-hybridized carbons (Fsp3) is 0.200. The van der Waals surface area contributed by atoms with Gasteiger partial charge in [-0.25, -0.2) is 9.97 Å². The molecule has 7 nitrogen and oxygen atoms in total. The van der Waals surface area contributed by atoms with E-state index >= 15 is 0 Å². The van der Waals surface area contributed by atoms with Crippen molar-refractivity contribution < 1.29 is 9.53 Å². The van der Waals surface area contributed by atoms with Crippen LogP contribution in [-0.4, -0.2) is 38.4 Å². The highest BCUT2D eigenvalue weighted by molar-refractivity contribution is 7.99. The summed E-state index contributed by atoms with van der Waals surface area (Å²) in [6, 6.07) is 15.4. The Morgan fingerprint density at radius 2 is 1.93 bits per heavy atom. The van der Waals surface area contributed by atoms with Crippen molar-refractivity contribution in [2.45, 2.75) is 18.6 Å². The van der Waals surface area contributed by atoms with Gasteiger partial charge in [0, 0.05) is 17.5 Å². The molecular formula is C20H19N5O2S. The third kappa shape index (κ3) is 3.63. The van der Waals surface area contributed by atoms with Gasteiger partial charge in [-0.15, -0.1) is 5.10 Å². The first-order valence-corrected chi connectivity index (χ1v) is 9.78. The molecule has 4 rings (SSSR count). The van der Waals surface area contributed by atoms with Gasteiger partial charge in [-0.2, -0.15) is 4.52 Å². The molecule has 0 aliphatic heterocycles. The molecule has 4 aromatic rings. The van der Waals surface area contributed by atoms with Crippen molar-refractivity contribution in [3.8, 4) is 5.75 Å². The van der Waals surface area contributed by atoms with Gasteiger partial charge < -0.3 is 10.1 Å². The lowest BCUT2D eigenvalue weighted by atomic mass is 10.2. The number of aromatic nitrogens is 4. The van der Waals surface area contributed by atoms with E-state index in [9.17, 15) is 4.79 Å². The second kappa shape index (κ2) is 7.85. The maximum atomic E-state index is 12.3. The molecule has 1 N–H and O–H groups in total. The minimum atomic E-state index is -0.0872. The Bertz CT molecular complexity index is 1160. The van der Waals surface area contributed by atoms with E-state index < -0.39 is 0 Å². The van der Waals surface area contributed by atoms with E-state index in [1.54, 1.807) is 11.6 Å². The van der Waals surface area contributed by atoms with E-state index in [4.69, 9.17) is 4.74 Å². The highest BCUT2D eigenvalue weighted by atomic mass is 32.2. The third-order valence-corrected chi connectivity index (χ3v) is 5.19. The number of aryl methyl sites for hydroxylation is 1. The summed E-state index contributed by atoms with van der Waals surface area (Å²) < 4.78 is 7.02. The molecule has 2 heterocycles. The Hall–Kier alpha value is -3.13. The number of ether oxygens (including phenoxy) is 1. The number of hydrogen-bond donors (Lipinski definition) is 1. The van der Waals surface area contributed by atoms with Gasteiger partial charge in [-0.1, -0.05) is 42.1 Å². The zero-order chi connectivity index (χ0) is 19.5. The first-order valence-electron chi connectivity index (χ1n) is 8.79. The van der Waals surface area contributed by atoms with Gasteiger partial charge >= 0.3 is 0 Å². The number of carbonyl (C=O) groups excluding carboxylic acids is 1. The predicted molar refractivity (Wildman–Crippen MR) is 109 cm³/mol. The van der Waals surface area contributed by atoms with Gasteiger partial charge in [0.25, 0.3) is 0 Å². The summed E-state index contributed by atoms with van der Waals surface area (Å²) in [5.41, 5.74) is 2.51. The number of para-hydroxylation sites is 2. The van der Waals surface area contributed by atoms with E-state index in [2.05, 4.69) is 20.4 Å². The molecule has 2 aromatic carbocycles. The average molecular weight is 393 g/mol. The van der Waals surface area contributed by atoms with Crippen LogP contribution in [0.4, 0.5) is 0 Å². The number of nitrogens with one attached hydrogen (secondary N) is 1. The number of hydrogen-bond acceptors (Lipinski definition) is 6. The molecule has 0 aliphatic rings. The van der Waals surface area contributed by atoms with Crippen LogP contribution in [0.25, 0.3) is 16.6 Å². The molecule has 1 amide bonds. The first kappa shape index (κ1) is 18.2. The molecule has 0 unspecified atom stereocenters. The standard InChI is InChI=1S/C20H19N5O2S/c1-13-22-19-15-8-4-5-9-16(15)23-20(25(19)24-13)28-12-18(26)21-11-14-7-3-6-10-17(14)27-2/h3-10H,11-12H2,1-2H3,(H,21,26). The van der Waals surface area contributed by atoms with Crippen molar-refractivity contribution in [1.82, 2.24) is 24.9 Å². The van der Waals surface area contributed by atoms with Crippen LogP contribution in [0, 0.1) is 6.92 Å². The van der Waals surface area contributed by atoms with E-state index in [1.807, 2.05) is 55.5 Å². The minimum Gasteiger partial charge on any atom is -0.496 e. The van der Waals surface area contributed by atoms with Gasteiger partial charge in [0.15, 0.2) is 10.8 Å². The topological polar surface area (TPSA) is 81.4 Å². The Morgan fingerprint density at radius 3 is 2.79 bits per heavy atom. The molecule has 0 saturated heterocycles. The summed E-state index contributed by atoms with van der Waals surface area (Å²) in [5.74, 6) is 1.57. The molecule has 2 aromatic heterocycles. The van der Waals surface area contributed by atoms with E-state index in [-0.39, 0.29) is 11.7 Å². The second-order valence-electron chi connectivity index (χ2n) is 6.18. The quantitative estimate of drug-likeness (QED) is 0.401. The van der Waals surface area contributed by atoms with Gasteiger partial charge in [0.1, 0.15) is 11.6 Å². The number of methoxy groups -OCH3 is 1. The number of nitrogens with zero attached hydrogens (tertiary/aromatic N) is 4. The predicted octanol–water partition coefficient (Wildman–Crippen LogP) is 3.00. The fourth-order valence-corrected chi connectivity index (χ4v) is 3.73. The molecule has 0 radical (unpaired) electrons. The van der Waals surface area contributed by atoms with Gasteiger partial charge in [0.05, 0.1) is 18.4 Å². The zero-order valence-electron chi connectivity index (χ0n) is 15.5. The molecular weight excluding hydrogens is 374 g/mol. The first-order chi connectivity index (χ1) is 13.7. The summed E-state index contributed by atoms with van der Waals surface area (Å²) in [5, 5.41) is 8.93. The number of thioether (sulfide) groups is 1. The molecule has 28 heavy (non-hydrogen) atoms.